The van der Waals surface area contributed by atoms with Crippen molar-refractivity contribution >= 4 is 17.9 Å². The summed E-state index contributed by atoms with van der Waals surface area (Å²) in [4.78, 5) is 37.5. The van der Waals surface area contributed by atoms with E-state index in [1.54, 1.807) is 20.8 Å². The SMILES string of the molecule is CCCCC(C)OC(=O)CC(O)(CC(=O)OC(C)CCCC)C(=O)OC(C)CCCC. The van der Waals surface area contributed by atoms with Crippen LogP contribution in [0, 0.1) is 0 Å². The zero-order valence-electron chi connectivity index (χ0n) is 20.4. The van der Waals surface area contributed by atoms with Crippen LogP contribution in [0.15, 0.2) is 0 Å². The van der Waals surface area contributed by atoms with Gasteiger partial charge in [0.1, 0.15) is 0 Å². The number of unbranched alkanes of at least 4 members (excludes halogenated alkanes) is 3. The van der Waals surface area contributed by atoms with Crippen molar-refractivity contribution in [3.05, 3.63) is 0 Å². The molecule has 0 saturated carbocycles. The van der Waals surface area contributed by atoms with E-state index in [0.717, 1.165) is 38.5 Å². The molecule has 7 nitrogen and oxygen atoms in total. The third-order valence-electron chi connectivity index (χ3n) is 5.12. The van der Waals surface area contributed by atoms with Crippen LogP contribution in [-0.4, -0.2) is 46.9 Å². The standard InChI is InChI=1S/C24H44O7/c1-7-10-13-18(4)29-21(25)16-24(28,23(27)31-20(6)15-12-9-3)17-22(26)30-19(5)14-11-8-2/h18-20,28H,7-17H2,1-6H3. The van der Waals surface area contributed by atoms with Crippen LogP contribution in [-0.2, 0) is 28.6 Å². The third-order valence-corrected chi connectivity index (χ3v) is 5.12. The third kappa shape index (κ3) is 13.4. The molecule has 0 fully saturated rings. The van der Waals surface area contributed by atoms with Gasteiger partial charge in [-0.1, -0.05) is 59.3 Å². The maximum atomic E-state index is 12.7. The van der Waals surface area contributed by atoms with Gasteiger partial charge in [-0.25, -0.2) is 4.79 Å². The molecule has 3 unspecified atom stereocenters. The number of hydrogen-bond donors (Lipinski definition) is 1. The summed E-state index contributed by atoms with van der Waals surface area (Å²) in [5.41, 5.74) is -2.32. The van der Waals surface area contributed by atoms with E-state index >= 15 is 0 Å². The fourth-order valence-corrected chi connectivity index (χ4v) is 3.16. The first-order chi connectivity index (χ1) is 14.6. The van der Waals surface area contributed by atoms with Crippen molar-refractivity contribution < 1.29 is 33.7 Å². The monoisotopic (exact) mass is 444 g/mol. The normalized spacial score (nSPS) is 16.0. The second-order valence-electron chi connectivity index (χ2n) is 8.63. The first-order valence-electron chi connectivity index (χ1n) is 11.9. The molecule has 0 aliphatic heterocycles. The first-order valence-corrected chi connectivity index (χ1v) is 11.9. The molecule has 0 saturated heterocycles. The molecule has 0 aromatic rings. The lowest BCUT2D eigenvalue weighted by Crippen LogP contribution is -2.46. The topological polar surface area (TPSA) is 99.1 Å². The number of esters is 3. The number of hydrogen-bond acceptors (Lipinski definition) is 7. The molecular weight excluding hydrogens is 400 g/mol. The average molecular weight is 445 g/mol. The lowest BCUT2D eigenvalue weighted by atomic mass is 9.95. The van der Waals surface area contributed by atoms with E-state index in [4.69, 9.17) is 14.2 Å². The lowest BCUT2D eigenvalue weighted by Gasteiger charge is -2.27. The Morgan fingerprint density at radius 3 is 1.32 bits per heavy atom. The van der Waals surface area contributed by atoms with Crippen molar-refractivity contribution in [2.24, 2.45) is 0 Å². The van der Waals surface area contributed by atoms with Gasteiger partial charge in [-0.2, -0.15) is 0 Å². The van der Waals surface area contributed by atoms with Crippen molar-refractivity contribution in [1.82, 2.24) is 0 Å². The molecule has 0 rings (SSSR count). The molecule has 3 atom stereocenters. The number of carbonyl (C=O) groups excluding carboxylic acids is 3. The van der Waals surface area contributed by atoms with Crippen LogP contribution in [0.4, 0.5) is 0 Å². The van der Waals surface area contributed by atoms with Crippen molar-refractivity contribution in [3.8, 4) is 0 Å². The van der Waals surface area contributed by atoms with Gasteiger partial charge in [0.05, 0.1) is 31.2 Å². The Morgan fingerprint density at radius 1 is 0.677 bits per heavy atom. The van der Waals surface area contributed by atoms with Crippen molar-refractivity contribution in [2.45, 2.75) is 136 Å². The molecule has 0 amide bonds. The Hall–Kier alpha value is -1.63. The Labute approximate surface area is 188 Å². The Morgan fingerprint density at radius 2 is 1.00 bits per heavy atom. The van der Waals surface area contributed by atoms with Crippen LogP contribution in [0.25, 0.3) is 0 Å². The molecule has 0 aliphatic rings. The maximum absolute atomic E-state index is 12.7. The van der Waals surface area contributed by atoms with Crippen molar-refractivity contribution in [2.75, 3.05) is 0 Å². The second-order valence-corrected chi connectivity index (χ2v) is 8.63. The highest BCUT2D eigenvalue weighted by molar-refractivity contribution is 5.90. The maximum Gasteiger partial charge on any atom is 0.339 e. The second kappa shape index (κ2) is 16.1. The summed E-state index contributed by atoms with van der Waals surface area (Å²) in [7, 11) is 0. The largest absolute Gasteiger partial charge is 0.463 e. The van der Waals surface area contributed by atoms with E-state index in [9.17, 15) is 19.5 Å². The fraction of sp³-hybridized carbons (Fsp3) is 0.875. The van der Waals surface area contributed by atoms with E-state index in [2.05, 4.69) is 0 Å². The molecule has 0 aromatic heterocycles. The van der Waals surface area contributed by atoms with Gasteiger partial charge in [0, 0.05) is 0 Å². The lowest BCUT2D eigenvalue weighted by molar-refractivity contribution is -0.183. The highest BCUT2D eigenvalue weighted by Crippen LogP contribution is 2.23. The van der Waals surface area contributed by atoms with Crippen molar-refractivity contribution in [3.63, 3.8) is 0 Å². The number of aliphatic hydroxyl groups is 1. The molecule has 1 N–H and O–H groups in total. The minimum atomic E-state index is -2.32. The van der Waals surface area contributed by atoms with Gasteiger partial charge < -0.3 is 19.3 Å². The van der Waals surface area contributed by atoms with E-state index < -0.39 is 42.5 Å². The summed E-state index contributed by atoms with van der Waals surface area (Å²) in [5.74, 6) is -2.47. The van der Waals surface area contributed by atoms with Crippen LogP contribution in [0.5, 0.6) is 0 Å². The molecule has 0 radical (unpaired) electrons. The highest BCUT2D eigenvalue weighted by atomic mass is 16.6. The molecule has 0 bridgehead atoms. The summed E-state index contributed by atoms with van der Waals surface area (Å²) in [6, 6.07) is 0. The van der Waals surface area contributed by atoms with Crippen LogP contribution in [0.3, 0.4) is 0 Å². The Bertz CT molecular complexity index is 502. The van der Waals surface area contributed by atoms with Gasteiger partial charge >= 0.3 is 17.9 Å². The van der Waals surface area contributed by atoms with E-state index in [0.29, 0.717) is 19.3 Å². The molecule has 7 heteroatoms. The number of ether oxygens (including phenoxy) is 3. The average Bonchev–Trinajstić information content (AvgIpc) is 2.68. The first kappa shape index (κ1) is 29.4. The zero-order valence-corrected chi connectivity index (χ0v) is 20.4. The zero-order chi connectivity index (χ0) is 23.9. The van der Waals surface area contributed by atoms with E-state index in [1.165, 1.54) is 0 Å². The highest BCUT2D eigenvalue weighted by Gasteiger charge is 2.44. The van der Waals surface area contributed by atoms with Gasteiger partial charge in [0.15, 0.2) is 5.60 Å². The number of rotatable bonds is 17. The quantitative estimate of drug-likeness (QED) is 0.252. The van der Waals surface area contributed by atoms with Gasteiger partial charge in [-0.3, -0.25) is 9.59 Å². The molecule has 31 heavy (non-hydrogen) atoms. The van der Waals surface area contributed by atoms with Gasteiger partial charge in [0.25, 0.3) is 0 Å². The van der Waals surface area contributed by atoms with Gasteiger partial charge in [-0.15, -0.1) is 0 Å². The molecule has 182 valence electrons. The van der Waals surface area contributed by atoms with Crippen LogP contribution in [0.1, 0.15) is 112 Å². The van der Waals surface area contributed by atoms with Gasteiger partial charge in [0.2, 0.25) is 0 Å². The van der Waals surface area contributed by atoms with Crippen LogP contribution < -0.4 is 0 Å². The van der Waals surface area contributed by atoms with Crippen LogP contribution >= 0.6 is 0 Å². The minimum Gasteiger partial charge on any atom is -0.463 e. The molecule has 0 spiro atoms. The van der Waals surface area contributed by atoms with E-state index in [-0.39, 0.29) is 12.2 Å². The summed E-state index contributed by atoms with van der Waals surface area (Å²) >= 11 is 0. The molecule has 0 aliphatic carbocycles. The summed E-state index contributed by atoms with van der Waals surface area (Å²) < 4.78 is 16.0. The Balaban J connectivity index is 5.19. The van der Waals surface area contributed by atoms with Crippen molar-refractivity contribution in [1.29, 1.82) is 0 Å². The summed E-state index contributed by atoms with van der Waals surface area (Å²) in [6.45, 7) is 11.4. The predicted molar refractivity (Wildman–Crippen MR) is 119 cm³/mol. The fourth-order valence-electron chi connectivity index (χ4n) is 3.16. The minimum absolute atomic E-state index is 0.336. The summed E-state index contributed by atoms with van der Waals surface area (Å²) in [6.07, 6.45) is 5.15. The summed E-state index contributed by atoms with van der Waals surface area (Å²) in [5, 5.41) is 11.0. The van der Waals surface area contributed by atoms with Crippen LogP contribution in [0.2, 0.25) is 0 Å². The molecular formula is C24H44O7. The smallest absolute Gasteiger partial charge is 0.339 e. The molecule has 0 aromatic carbocycles. The number of carbonyl (C=O) groups is 3. The molecule has 0 heterocycles. The van der Waals surface area contributed by atoms with Gasteiger partial charge in [-0.05, 0) is 40.0 Å². The van der Waals surface area contributed by atoms with E-state index in [1.807, 2.05) is 20.8 Å². The predicted octanol–water partition coefficient (Wildman–Crippen LogP) is 4.86. The Kier molecular flexibility index (Phi) is 15.2.